The fourth-order valence-electron chi connectivity index (χ4n) is 4.02. The lowest BCUT2D eigenvalue weighted by atomic mass is 9.81. The summed E-state index contributed by atoms with van der Waals surface area (Å²) in [4.78, 5) is 34.9. The van der Waals surface area contributed by atoms with Crippen molar-refractivity contribution in [2.45, 2.75) is 50.0 Å². The first-order valence-corrected chi connectivity index (χ1v) is 8.80. The first-order chi connectivity index (χ1) is 12.1. The molecule has 3 aliphatic rings. The summed E-state index contributed by atoms with van der Waals surface area (Å²) >= 11 is 0. The van der Waals surface area contributed by atoms with E-state index in [0.29, 0.717) is 26.0 Å². The fourth-order valence-corrected chi connectivity index (χ4v) is 4.02. The van der Waals surface area contributed by atoms with Crippen molar-refractivity contribution in [1.82, 2.24) is 20.2 Å². The van der Waals surface area contributed by atoms with Crippen LogP contribution < -0.4 is 5.32 Å². The van der Waals surface area contributed by atoms with Crippen LogP contribution in [0.25, 0.3) is 0 Å². The molecule has 1 aromatic heterocycles. The van der Waals surface area contributed by atoms with Crippen molar-refractivity contribution in [1.29, 1.82) is 0 Å². The number of ether oxygens (including phenoxy) is 1. The summed E-state index contributed by atoms with van der Waals surface area (Å²) in [6, 6.07) is -0.264. The molecular weight excluding hydrogens is 324 g/mol. The lowest BCUT2D eigenvalue weighted by Gasteiger charge is -2.37. The summed E-state index contributed by atoms with van der Waals surface area (Å²) in [5.41, 5.74) is 0.252. The molecule has 2 N–H and O–H groups in total. The van der Waals surface area contributed by atoms with Gasteiger partial charge >= 0.3 is 0 Å². The Bertz CT molecular complexity index is 649. The zero-order chi connectivity index (χ0) is 17.4. The number of nitrogens with zero attached hydrogens (tertiary/aromatic N) is 3. The van der Waals surface area contributed by atoms with Gasteiger partial charge in [-0.05, 0) is 25.7 Å². The maximum absolute atomic E-state index is 12.8. The maximum Gasteiger partial charge on any atom is 0.271 e. The van der Waals surface area contributed by atoms with Crippen LogP contribution in [0.4, 0.5) is 0 Å². The van der Waals surface area contributed by atoms with Gasteiger partial charge in [0.2, 0.25) is 5.91 Å². The molecule has 1 aliphatic carbocycles. The lowest BCUT2D eigenvalue weighted by Crippen LogP contribution is -2.49. The average molecular weight is 346 g/mol. The number of amides is 2. The highest BCUT2D eigenvalue weighted by atomic mass is 16.5. The van der Waals surface area contributed by atoms with Gasteiger partial charge in [0.1, 0.15) is 5.69 Å². The van der Waals surface area contributed by atoms with Gasteiger partial charge in [-0.1, -0.05) is 0 Å². The molecule has 1 aromatic rings. The summed E-state index contributed by atoms with van der Waals surface area (Å²) in [7, 11) is 0. The highest BCUT2D eigenvalue weighted by molar-refractivity contribution is 5.92. The quantitative estimate of drug-likeness (QED) is 0.781. The molecule has 0 radical (unpaired) electrons. The molecule has 2 amide bonds. The number of fused-ring (bicyclic) bond motifs is 1. The molecule has 134 valence electrons. The van der Waals surface area contributed by atoms with Gasteiger partial charge in [0.25, 0.3) is 5.91 Å². The van der Waals surface area contributed by atoms with Crippen LogP contribution in [0, 0.1) is 5.92 Å². The molecule has 3 heterocycles. The second-order valence-corrected chi connectivity index (χ2v) is 7.03. The van der Waals surface area contributed by atoms with Crippen molar-refractivity contribution in [2.75, 3.05) is 13.2 Å². The molecule has 0 unspecified atom stereocenters. The van der Waals surface area contributed by atoms with E-state index in [1.807, 2.05) is 4.90 Å². The third-order valence-corrected chi connectivity index (χ3v) is 5.38. The van der Waals surface area contributed by atoms with Crippen molar-refractivity contribution in [2.24, 2.45) is 5.92 Å². The average Bonchev–Trinajstić information content (AvgIpc) is 2.98. The van der Waals surface area contributed by atoms with E-state index in [9.17, 15) is 14.7 Å². The Labute approximate surface area is 145 Å². The zero-order valence-electron chi connectivity index (χ0n) is 13.9. The third-order valence-electron chi connectivity index (χ3n) is 5.38. The Morgan fingerprint density at radius 2 is 2.16 bits per heavy atom. The van der Waals surface area contributed by atoms with Crippen LogP contribution in [0.3, 0.4) is 0 Å². The summed E-state index contributed by atoms with van der Waals surface area (Å²) < 4.78 is 5.89. The highest BCUT2D eigenvalue weighted by Gasteiger charge is 2.49. The van der Waals surface area contributed by atoms with Crippen LogP contribution >= 0.6 is 0 Å². The lowest BCUT2D eigenvalue weighted by molar-refractivity contribution is -0.145. The van der Waals surface area contributed by atoms with Gasteiger partial charge in [-0.15, -0.1) is 0 Å². The minimum atomic E-state index is -0.359. The van der Waals surface area contributed by atoms with Crippen LogP contribution in [-0.4, -0.2) is 69.2 Å². The summed E-state index contributed by atoms with van der Waals surface area (Å²) in [5.74, 6) is -0.339. The Hall–Kier alpha value is -2.06. The second kappa shape index (κ2) is 6.68. The molecule has 2 aliphatic heterocycles. The van der Waals surface area contributed by atoms with E-state index in [2.05, 4.69) is 15.3 Å². The second-order valence-electron chi connectivity index (χ2n) is 7.03. The smallest absolute Gasteiger partial charge is 0.271 e. The van der Waals surface area contributed by atoms with E-state index in [1.165, 1.54) is 18.6 Å². The largest absolute Gasteiger partial charge is 0.393 e. The van der Waals surface area contributed by atoms with Gasteiger partial charge in [-0.2, -0.15) is 0 Å². The molecule has 4 rings (SSSR count). The van der Waals surface area contributed by atoms with Crippen LogP contribution in [0.15, 0.2) is 18.6 Å². The van der Waals surface area contributed by atoms with Crippen LogP contribution in [-0.2, 0) is 9.53 Å². The number of nitrogens with one attached hydrogen (secondary N) is 1. The van der Waals surface area contributed by atoms with Gasteiger partial charge in [0.15, 0.2) is 0 Å². The number of likely N-dealkylation sites (tertiary alicyclic amines) is 1. The molecular formula is C17H22N4O4. The number of rotatable bonds is 3. The van der Waals surface area contributed by atoms with Gasteiger partial charge in [-0.3, -0.25) is 14.6 Å². The molecule has 25 heavy (non-hydrogen) atoms. The SMILES string of the molecule is O=C(N[C@H]1CN(C(=O)C2CC(O)C2)[C@H]2CCCO[C@@H]12)c1cnccn1. The fraction of sp³-hybridized carbons (Fsp3) is 0.647. The van der Waals surface area contributed by atoms with Gasteiger partial charge in [0, 0.05) is 31.5 Å². The summed E-state index contributed by atoms with van der Waals surface area (Å²) in [6.07, 6.45) is 6.70. The van der Waals surface area contributed by atoms with Crippen LogP contribution in [0.5, 0.6) is 0 Å². The van der Waals surface area contributed by atoms with Crippen LogP contribution in [0.1, 0.15) is 36.2 Å². The molecule has 8 nitrogen and oxygen atoms in total. The molecule has 2 saturated heterocycles. The van der Waals surface area contributed by atoms with Crippen molar-refractivity contribution < 1.29 is 19.4 Å². The molecule has 3 fully saturated rings. The Kier molecular flexibility index (Phi) is 4.39. The van der Waals surface area contributed by atoms with Crippen LogP contribution in [0.2, 0.25) is 0 Å². The molecule has 8 heteroatoms. The predicted octanol–water partition coefficient (Wildman–Crippen LogP) is -0.264. The van der Waals surface area contributed by atoms with E-state index in [1.54, 1.807) is 0 Å². The third kappa shape index (κ3) is 3.11. The van der Waals surface area contributed by atoms with Gasteiger partial charge in [0.05, 0.1) is 30.5 Å². The summed E-state index contributed by atoms with van der Waals surface area (Å²) in [6.45, 7) is 1.08. The Balaban J connectivity index is 1.47. The number of hydrogen-bond donors (Lipinski definition) is 2. The molecule has 0 spiro atoms. The molecule has 3 atom stereocenters. The van der Waals surface area contributed by atoms with Gasteiger partial charge in [-0.25, -0.2) is 4.98 Å². The molecule has 0 bridgehead atoms. The van der Waals surface area contributed by atoms with Crippen molar-refractivity contribution in [3.8, 4) is 0 Å². The van der Waals surface area contributed by atoms with Crippen molar-refractivity contribution >= 4 is 11.8 Å². The number of carbonyl (C=O) groups is 2. The van der Waals surface area contributed by atoms with E-state index in [4.69, 9.17) is 4.74 Å². The van der Waals surface area contributed by atoms with Crippen molar-refractivity contribution in [3.05, 3.63) is 24.3 Å². The number of aliphatic hydroxyl groups excluding tert-OH is 1. The van der Waals surface area contributed by atoms with E-state index in [0.717, 1.165) is 12.8 Å². The number of hydrogen-bond acceptors (Lipinski definition) is 6. The number of carbonyl (C=O) groups excluding carboxylic acids is 2. The molecule has 1 saturated carbocycles. The summed E-state index contributed by atoms with van der Waals surface area (Å²) in [5, 5.41) is 12.4. The van der Waals surface area contributed by atoms with E-state index >= 15 is 0 Å². The predicted molar refractivity (Wildman–Crippen MR) is 86.5 cm³/mol. The normalized spacial score (nSPS) is 34.1. The first-order valence-electron chi connectivity index (χ1n) is 8.80. The minimum Gasteiger partial charge on any atom is -0.393 e. The zero-order valence-corrected chi connectivity index (χ0v) is 13.9. The minimum absolute atomic E-state index is 0.00819. The Morgan fingerprint density at radius 3 is 2.88 bits per heavy atom. The Morgan fingerprint density at radius 1 is 1.32 bits per heavy atom. The maximum atomic E-state index is 12.8. The van der Waals surface area contributed by atoms with Crippen molar-refractivity contribution in [3.63, 3.8) is 0 Å². The topological polar surface area (TPSA) is 105 Å². The highest BCUT2D eigenvalue weighted by Crippen LogP contribution is 2.35. The van der Waals surface area contributed by atoms with E-state index in [-0.39, 0.29) is 47.7 Å². The first kappa shape index (κ1) is 16.4. The monoisotopic (exact) mass is 346 g/mol. The standard InChI is InChI=1S/C17H22N4O4/c22-11-6-10(7-11)17(24)21-9-13(15-14(21)2-1-5-25-15)20-16(23)12-8-18-3-4-19-12/h3-4,8,10-11,13-15,22H,1-2,5-7,9H2,(H,20,23)/t10?,11?,13-,14-,15-/m0/s1. The molecule has 0 aromatic carbocycles. The number of aromatic nitrogens is 2. The van der Waals surface area contributed by atoms with E-state index < -0.39 is 0 Å². The number of aliphatic hydroxyl groups is 1. The van der Waals surface area contributed by atoms with Gasteiger partial charge < -0.3 is 20.1 Å².